The summed E-state index contributed by atoms with van der Waals surface area (Å²) < 4.78 is 2.08. The smallest absolute Gasteiger partial charge is 0.204 e. The van der Waals surface area contributed by atoms with Gasteiger partial charge < -0.3 is 20.7 Å². The fourth-order valence-corrected chi connectivity index (χ4v) is 3.04. The molecule has 3 rings (SSSR count). The zero-order valence-corrected chi connectivity index (χ0v) is 15.0. The van der Waals surface area contributed by atoms with E-state index < -0.39 is 0 Å². The molecule has 4 N–H and O–H groups in total. The molecule has 0 aliphatic carbocycles. The maximum atomic E-state index is 10.2. The second-order valence-electron chi connectivity index (χ2n) is 6.46. The Hall–Kier alpha value is -2.60. The van der Waals surface area contributed by atoms with Gasteiger partial charge in [0.25, 0.3) is 0 Å². The number of aryl methyl sites for hydroxylation is 3. The topological polar surface area (TPSA) is 89.0 Å². The van der Waals surface area contributed by atoms with Gasteiger partial charge >= 0.3 is 0 Å². The van der Waals surface area contributed by atoms with E-state index in [1.807, 2.05) is 6.92 Å². The van der Waals surface area contributed by atoms with Crippen LogP contribution in [0.3, 0.4) is 0 Å². The summed E-state index contributed by atoms with van der Waals surface area (Å²) in [6.07, 6.45) is 0.870. The Kier molecular flexibility index (Phi) is 4.90. The van der Waals surface area contributed by atoms with Crippen LogP contribution in [0.1, 0.15) is 28.9 Å². The van der Waals surface area contributed by atoms with Crippen molar-refractivity contribution in [2.45, 2.75) is 33.7 Å². The number of nitrogens with zero attached hydrogens (tertiary/aromatic N) is 3. The number of anilines is 1. The van der Waals surface area contributed by atoms with E-state index in [4.69, 9.17) is 10.7 Å². The third-order valence-corrected chi connectivity index (χ3v) is 4.25. The van der Waals surface area contributed by atoms with Crippen molar-refractivity contribution in [3.8, 4) is 5.75 Å². The van der Waals surface area contributed by atoms with Crippen molar-refractivity contribution in [2.75, 3.05) is 18.4 Å². The molecule has 3 aromatic rings. The Morgan fingerprint density at radius 1 is 1.16 bits per heavy atom. The van der Waals surface area contributed by atoms with Gasteiger partial charge in [0.2, 0.25) is 5.95 Å². The van der Waals surface area contributed by atoms with E-state index in [9.17, 15) is 5.11 Å². The normalized spacial score (nSPS) is 11.2. The highest BCUT2D eigenvalue weighted by Gasteiger charge is 2.15. The summed E-state index contributed by atoms with van der Waals surface area (Å²) >= 11 is 0. The lowest BCUT2D eigenvalue weighted by molar-refractivity contribution is 0.461. The minimum Gasteiger partial charge on any atom is -0.506 e. The van der Waals surface area contributed by atoms with Crippen molar-refractivity contribution in [2.24, 2.45) is 5.73 Å². The summed E-state index contributed by atoms with van der Waals surface area (Å²) in [5, 5.41) is 13.6. The molecule has 6 heteroatoms. The molecule has 2 aromatic heterocycles. The van der Waals surface area contributed by atoms with E-state index in [1.165, 1.54) is 5.56 Å². The van der Waals surface area contributed by atoms with Crippen LogP contribution in [0.25, 0.3) is 11.0 Å². The third kappa shape index (κ3) is 3.58. The van der Waals surface area contributed by atoms with Crippen LogP contribution in [0, 0.1) is 20.8 Å². The van der Waals surface area contributed by atoms with Gasteiger partial charge in [-0.3, -0.25) is 4.98 Å². The molecule has 25 heavy (non-hydrogen) atoms. The minimum absolute atomic E-state index is 0.199. The third-order valence-electron chi connectivity index (χ3n) is 4.25. The SMILES string of the molecule is Cc1cc(C)c2nc(NCCCN)n(Cc3nc(C)ccc3O)c2c1. The molecule has 0 radical (unpaired) electrons. The van der Waals surface area contributed by atoms with Gasteiger partial charge in [-0.05, 0) is 63.1 Å². The number of aromatic nitrogens is 3. The number of pyridine rings is 1. The van der Waals surface area contributed by atoms with E-state index in [1.54, 1.807) is 12.1 Å². The number of rotatable bonds is 6. The first-order valence-corrected chi connectivity index (χ1v) is 8.56. The predicted octanol–water partition coefficient (Wildman–Crippen LogP) is 2.87. The highest BCUT2D eigenvalue weighted by molar-refractivity contribution is 5.82. The zero-order chi connectivity index (χ0) is 18.0. The van der Waals surface area contributed by atoms with Crippen molar-refractivity contribution >= 4 is 17.0 Å². The first-order valence-electron chi connectivity index (χ1n) is 8.56. The van der Waals surface area contributed by atoms with Gasteiger partial charge in [-0.2, -0.15) is 0 Å². The molecule has 0 bridgehead atoms. The maximum Gasteiger partial charge on any atom is 0.204 e. The first-order chi connectivity index (χ1) is 12.0. The van der Waals surface area contributed by atoms with Crippen molar-refractivity contribution < 1.29 is 5.11 Å². The Morgan fingerprint density at radius 2 is 1.96 bits per heavy atom. The Balaban J connectivity index is 2.09. The Morgan fingerprint density at radius 3 is 2.72 bits per heavy atom. The molecular weight excluding hydrogens is 314 g/mol. The lowest BCUT2D eigenvalue weighted by atomic mass is 10.1. The number of benzene rings is 1. The van der Waals surface area contributed by atoms with Crippen LogP contribution < -0.4 is 11.1 Å². The number of hydrogen-bond donors (Lipinski definition) is 3. The van der Waals surface area contributed by atoms with Crippen molar-refractivity contribution in [1.82, 2.24) is 14.5 Å². The molecule has 0 unspecified atom stereocenters. The van der Waals surface area contributed by atoms with E-state index in [0.29, 0.717) is 18.8 Å². The van der Waals surface area contributed by atoms with E-state index in [-0.39, 0.29) is 5.75 Å². The molecular formula is C19H25N5O. The molecule has 0 atom stereocenters. The standard InChI is InChI=1S/C19H25N5O/c1-12-9-13(2)18-16(10-12)24(19(23-18)21-8-4-7-20)11-15-17(25)6-5-14(3)22-15/h5-6,9-10,25H,4,7-8,11,20H2,1-3H3,(H,21,23). The second-order valence-corrected chi connectivity index (χ2v) is 6.46. The molecule has 2 heterocycles. The Labute approximate surface area is 147 Å². The van der Waals surface area contributed by atoms with E-state index >= 15 is 0 Å². The van der Waals surface area contributed by atoms with Gasteiger partial charge in [0.1, 0.15) is 11.4 Å². The zero-order valence-electron chi connectivity index (χ0n) is 15.0. The summed E-state index contributed by atoms with van der Waals surface area (Å²) in [6.45, 7) is 7.91. The Bertz CT molecular complexity index is 900. The lowest BCUT2D eigenvalue weighted by Gasteiger charge is -2.12. The molecule has 1 aromatic carbocycles. The van der Waals surface area contributed by atoms with Gasteiger partial charge in [0, 0.05) is 12.2 Å². The minimum atomic E-state index is 0.199. The first kappa shape index (κ1) is 17.2. The number of imidazole rings is 1. The summed E-state index contributed by atoms with van der Waals surface area (Å²) in [6, 6.07) is 7.75. The number of aromatic hydroxyl groups is 1. The van der Waals surface area contributed by atoms with E-state index in [0.717, 1.165) is 41.2 Å². The average molecular weight is 339 g/mol. The number of hydrogen-bond acceptors (Lipinski definition) is 5. The fraction of sp³-hybridized carbons (Fsp3) is 0.368. The summed E-state index contributed by atoms with van der Waals surface area (Å²) in [5.74, 6) is 0.976. The van der Waals surface area contributed by atoms with Crippen LogP contribution in [0.2, 0.25) is 0 Å². The molecule has 6 nitrogen and oxygen atoms in total. The van der Waals surface area contributed by atoms with Gasteiger partial charge in [-0.1, -0.05) is 6.07 Å². The monoisotopic (exact) mass is 339 g/mol. The van der Waals surface area contributed by atoms with Gasteiger partial charge in [0.05, 0.1) is 17.6 Å². The molecule has 0 aliphatic heterocycles. The molecule has 132 valence electrons. The molecule has 0 saturated heterocycles. The molecule has 0 saturated carbocycles. The number of fused-ring (bicyclic) bond motifs is 1. The fourth-order valence-electron chi connectivity index (χ4n) is 3.04. The average Bonchev–Trinajstić information content (AvgIpc) is 2.90. The van der Waals surface area contributed by atoms with Crippen molar-refractivity contribution in [3.05, 3.63) is 46.8 Å². The second kappa shape index (κ2) is 7.11. The highest BCUT2D eigenvalue weighted by Crippen LogP contribution is 2.27. The van der Waals surface area contributed by atoms with Gasteiger partial charge in [-0.15, -0.1) is 0 Å². The lowest BCUT2D eigenvalue weighted by Crippen LogP contribution is -2.13. The maximum absolute atomic E-state index is 10.2. The summed E-state index contributed by atoms with van der Waals surface area (Å²) in [4.78, 5) is 9.27. The number of nitrogens with one attached hydrogen (secondary N) is 1. The molecule has 0 fully saturated rings. The van der Waals surface area contributed by atoms with Crippen LogP contribution in [-0.2, 0) is 6.54 Å². The predicted molar refractivity (Wildman–Crippen MR) is 101 cm³/mol. The largest absolute Gasteiger partial charge is 0.506 e. The summed E-state index contributed by atoms with van der Waals surface area (Å²) in [5.41, 5.74) is 11.4. The van der Waals surface area contributed by atoms with Crippen molar-refractivity contribution in [1.29, 1.82) is 0 Å². The van der Waals surface area contributed by atoms with Crippen LogP contribution >= 0.6 is 0 Å². The van der Waals surface area contributed by atoms with Gasteiger partial charge in [-0.25, -0.2) is 4.98 Å². The van der Waals surface area contributed by atoms with Crippen LogP contribution in [-0.4, -0.2) is 32.7 Å². The molecule has 0 aliphatic rings. The van der Waals surface area contributed by atoms with Gasteiger partial charge in [0.15, 0.2) is 0 Å². The van der Waals surface area contributed by atoms with Crippen molar-refractivity contribution in [3.63, 3.8) is 0 Å². The summed E-state index contributed by atoms with van der Waals surface area (Å²) in [7, 11) is 0. The number of nitrogens with two attached hydrogens (primary N) is 1. The molecule has 0 amide bonds. The highest BCUT2D eigenvalue weighted by atomic mass is 16.3. The van der Waals surface area contributed by atoms with Crippen LogP contribution in [0.4, 0.5) is 5.95 Å². The van der Waals surface area contributed by atoms with Crippen LogP contribution in [0.15, 0.2) is 24.3 Å². The quantitative estimate of drug-likeness (QED) is 0.601. The van der Waals surface area contributed by atoms with Crippen LogP contribution in [0.5, 0.6) is 5.75 Å². The van der Waals surface area contributed by atoms with E-state index in [2.05, 4.69) is 40.8 Å². The molecule has 0 spiro atoms.